The number of thioether (sulfide) groups is 1. The number of nitrogens with one attached hydrogen (secondary N) is 1. The fourth-order valence-corrected chi connectivity index (χ4v) is 3.18. The predicted molar refractivity (Wildman–Crippen MR) is 80.6 cm³/mol. The highest BCUT2D eigenvalue weighted by molar-refractivity contribution is 8.13. The molecule has 0 aliphatic carbocycles. The zero-order valence-electron chi connectivity index (χ0n) is 12.0. The van der Waals surface area contributed by atoms with E-state index in [1.54, 1.807) is 18.8 Å². The molecule has 7 heteroatoms. The van der Waals surface area contributed by atoms with Crippen LogP contribution >= 0.6 is 11.8 Å². The average molecular weight is 296 g/mol. The van der Waals surface area contributed by atoms with E-state index in [-0.39, 0.29) is 5.91 Å². The molecule has 3 amide bonds. The summed E-state index contributed by atoms with van der Waals surface area (Å²) in [4.78, 5) is 31.8. The zero-order chi connectivity index (χ0) is 14.9. The number of fused-ring (bicyclic) bond motifs is 1. The highest BCUT2D eigenvalue weighted by Crippen LogP contribution is 2.29. The summed E-state index contributed by atoms with van der Waals surface area (Å²) in [5, 5.41) is 3.20. The van der Waals surface area contributed by atoms with Gasteiger partial charge in [-0.25, -0.2) is 9.79 Å². The first-order valence-electron chi connectivity index (χ1n) is 6.65. The molecule has 6 nitrogen and oxygen atoms in total. The molecule has 2 aliphatic heterocycles. The van der Waals surface area contributed by atoms with Crippen LogP contribution in [0.15, 0.2) is 17.1 Å². The summed E-state index contributed by atoms with van der Waals surface area (Å²) >= 11 is 1.62. The van der Waals surface area contributed by atoms with E-state index < -0.39 is 18.2 Å². The topological polar surface area (TPSA) is 65.0 Å². The Morgan fingerprint density at radius 1 is 1.50 bits per heavy atom. The second-order valence-electron chi connectivity index (χ2n) is 5.11. The first-order chi connectivity index (χ1) is 9.45. The third-order valence-corrected chi connectivity index (χ3v) is 4.41. The summed E-state index contributed by atoms with van der Waals surface area (Å²) in [5.74, 6) is 0.653. The van der Waals surface area contributed by atoms with E-state index in [9.17, 15) is 9.59 Å². The van der Waals surface area contributed by atoms with Crippen LogP contribution in [0.1, 0.15) is 20.3 Å². The molecule has 2 unspecified atom stereocenters. The second-order valence-corrected chi connectivity index (χ2v) is 6.17. The van der Waals surface area contributed by atoms with Crippen LogP contribution in [0.25, 0.3) is 0 Å². The minimum Gasteiger partial charge on any atom is -0.332 e. The molecule has 0 aromatic carbocycles. The monoisotopic (exact) mass is 296 g/mol. The van der Waals surface area contributed by atoms with Gasteiger partial charge >= 0.3 is 6.03 Å². The molecule has 2 atom stereocenters. The maximum Gasteiger partial charge on any atom is 0.325 e. The van der Waals surface area contributed by atoms with Gasteiger partial charge in [0.2, 0.25) is 0 Å². The van der Waals surface area contributed by atoms with Crippen molar-refractivity contribution in [1.29, 1.82) is 0 Å². The molecule has 0 aromatic heterocycles. The lowest BCUT2D eigenvalue weighted by Gasteiger charge is -2.36. The lowest BCUT2D eigenvalue weighted by Crippen LogP contribution is -2.63. The van der Waals surface area contributed by atoms with Crippen LogP contribution in [0.2, 0.25) is 0 Å². The number of rotatable bonds is 4. The van der Waals surface area contributed by atoms with Gasteiger partial charge in [-0.2, -0.15) is 0 Å². The third-order valence-electron chi connectivity index (χ3n) is 3.20. The van der Waals surface area contributed by atoms with Crippen molar-refractivity contribution in [1.82, 2.24) is 15.1 Å². The quantitative estimate of drug-likeness (QED) is 0.793. The van der Waals surface area contributed by atoms with Crippen LogP contribution < -0.4 is 5.32 Å². The molecule has 1 saturated heterocycles. The van der Waals surface area contributed by atoms with Gasteiger partial charge in [-0.15, -0.1) is 0 Å². The molecule has 2 aliphatic rings. The number of hydrogen-bond acceptors (Lipinski definition) is 5. The molecule has 0 bridgehead atoms. The van der Waals surface area contributed by atoms with Crippen LogP contribution in [-0.4, -0.2) is 58.5 Å². The summed E-state index contributed by atoms with van der Waals surface area (Å²) in [6, 6.07) is -0.842. The van der Waals surface area contributed by atoms with Gasteiger partial charge in [0.25, 0.3) is 5.91 Å². The Hall–Kier alpha value is -1.50. The van der Waals surface area contributed by atoms with E-state index in [1.165, 1.54) is 4.90 Å². The van der Waals surface area contributed by atoms with Crippen molar-refractivity contribution >= 4 is 28.9 Å². The van der Waals surface area contributed by atoms with E-state index >= 15 is 0 Å². The van der Waals surface area contributed by atoms with E-state index in [0.717, 1.165) is 22.9 Å². The highest BCUT2D eigenvalue weighted by Gasteiger charge is 2.48. The van der Waals surface area contributed by atoms with Gasteiger partial charge in [-0.05, 0) is 13.3 Å². The third kappa shape index (κ3) is 2.67. The number of carbonyl (C=O) groups is 2. The molecule has 2 heterocycles. The van der Waals surface area contributed by atoms with Crippen molar-refractivity contribution < 1.29 is 9.59 Å². The normalized spacial score (nSPS) is 25.4. The number of aliphatic imine (C=N–C) groups is 1. The lowest BCUT2D eigenvalue weighted by atomic mass is 10.1. The number of hydrogen-bond donors (Lipinski definition) is 1. The SMILES string of the molecule is C=C(C)CN1C(SCCC)=NC2C1C(=O)NC(=O)N2C. The van der Waals surface area contributed by atoms with Crippen LogP contribution in [0, 0.1) is 0 Å². The fourth-order valence-electron chi connectivity index (χ4n) is 2.27. The average Bonchev–Trinajstić information content (AvgIpc) is 2.72. The Balaban J connectivity index is 2.27. The summed E-state index contributed by atoms with van der Waals surface area (Å²) in [6.45, 7) is 8.51. The van der Waals surface area contributed by atoms with Crippen molar-refractivity contribution in [2.45, 2.75) is 32.5 Å². The number of amides is 3. The molecule has 1 N–H and O–H groups in total. The molecule has 110 valence electrons. The Labute approximate surface area is 123 Å². The van der Waals surface area contributed by atoms with Gasteiger partial charge in [0.05, 0.1) is 0 Å². The summed E-state index contributed by atoms with van der Waals surface area (Å²) in [5.41, 5.74) is 0.961. The summed E-state index contributed by atoms with van der Waals surface area (Å²) in [7, 11) is 1.66. The van der Waals surface area contributed by atoms with Crippen molar-refractivity contribution in [3.05, 3.63) is 12.2 Å². The van der Waals surface area contributed by atoms with Gasteiger partial charge < -0.3 is 9.80 Å². The minimum absolute atomic E-state index is 0.282. The Kier molecular flexibility index (Phi) is 4.37. The minimum atomic E-state index is -0.450. The predicted octanol–water partition coefficient (Wildman–Crippen LogP) is 1.25. The van der Waals surface area contributed by atoms with E-state index in [4.69, 9.17) is 0 Å². The van der Waals surface area contributed by atoms with Crippen LogP contribution in [0.3, 0.4) is 0 Å². The van der Waals surface area contributed by atoms with Crippen LogP contribution in [0.5, 0.6) is 0 Å². The fraction of sp³-hybridized carbons (Fsp3) is 0.615. The Bertz CT molecular complexity index is 477. The molecule has 20 heavy (non-hydrogen) atoms. The molecule has 0 aromatic rings. The molecule has 2 rings (SSSR count). The van der Waals surface area contributed by atoms with E-state index in [2.05, 4.69) is 23.8 Å². The first kappa shape index (κ1) is 14.9. The number of nitrogens with zero attached hydrogens (tertiary/aromatic N) is 3. The number of carbonyl (C=O) groups excluding carboxylic acids is 2. The largest absolute Gasteiger partial charge is 0.332 e. The Morgan fingerprint density at radius 2 is 2.20 bits per heavy atom. The summed E-state index contributed by atoms with van der Waals surface area (Å²) < 4.78 is 0. The van der Waals surface area contributed by atoms with Crippen molar-refractivity contribution in [3.63, 3.8) is 0 Å². The maximum atomic E-state index is 12.1. The highest BCUT2D eigenvalue weighted by atomic mass is 32.2. The number of likely N-dealkylation sites (N-methyl/N-ethyl adjacent to an activating group) is 1. The number of amidine groups is 1. The zero-order valence-corrected chi connectivity index (χ0v) is 12.9. The second kappa shape index (κ2) is 5.87. The smallest absolute Gasteiger partial charge is 0.325 e. The summed E-state index contributed by atoms with van der Waals surface area (Å²) in [6.07, 6.45) is 0.593. The van der Waals surface area contributed by atoms with Gasteiger partial charge in [0.1, 0.15) is 0 Å². The lowest BCUT2D eigenvalue weighted by molar-refractivity contribution is -0.126. The van der Waals surface area contributed by atoms with Crippen LogP contribution in [-0.2, 0) is 4.79 Å². The number of imide groups is 1. The number of urea groups is 1. The van der Waals surface area contributed by atoms with Gasteiger partial charge in [-0.3, -0.25) is 10.1 Å². The molecular weight excluding hydrogens is 276 g/mol. The van der Waals surface area contributed by atoms with E-state index in [0.29, 0.717) is 6.54 Å². The van der Waals surface area contributed by atoms with Gasteiger partial charge in [-0.1, -0.05) is 30.8 Å². The first-order valence-corrected chi connectivity index (χ1v) is 7.63. The van der Waals surface area contributed by atoms with Crippen LogP contribution in [0.4, 0.5) is 4.79 Å². The molecule has 0 spiro atoms. The standard InChI is InChI=1S/C13H20N4O2S/c1-5-6-20-13-14-10-9(17(13)7-8(2)3)11(18)15-12(19)16(10)4/h9-10H,2,5-7H2,1,3-4H3,(H,15,18,19). The van der Waals surface area contributed by atoms with Gasteiger partial charge in [0, 0.05) is 19.3 Å². The molecule has 1 fully saturated rings. The van der Waals surface area contributed by atoms with Crippen molar-refractivity contribution in [2.24, 2.45) is 4.99 Å². The van der Waals surface area contributed by atoms with Crippen molar-refractivity contribution in [3.8, 4) is 0 Å². The van der Waals surface area contributed by atoms with Gasteiger partial charge in [0.15, 0.2) is 17.4 Å². The Morgan fingerprint density at radius 3 is 2.80 bits per heavy atom. The maximum absolute atomic E-state index is 12.1. The van der Waals surface area contributed by atoms with Crippen molar-refractivity contribution in [2.75, 3.05) is 19.3 Å². The molecular formula is C13H20N4O2S. The van der Waals surface area contributed by atoms with E-state index in [1.807, 2.05) is 11.8 Å². The molecule has 0 saturated carbocycles. The molecule has 0 radical (unpaired) electrons.